The molecule has 2 amide bonds. The second-order valence-corrected chi connectivity index (χ2v) is 6.07. The minimum absolute atomic E-state index is 0.275. The molecule has 0 bridgehead atoms. The van der Waals surface area contributed by atoms with Crippen molar-refractivity contribution in [1.29, 1.82) is 0 Å². The summed E-state index contributed by atoms with van der Waals surface area (Å²) in [6.07, 6.45) is 6.22. The van der Waals surface area contributed by atoms with Crippen LogP contribution in [0.5, 0.6) is 0 Å². The van der Waals surface area contributed by atoms with Gasteiger partial charge in [0.2, 0.25) is 11.8 Å². The Morgan fingerprint density at radius 3 is 2.55 bits per heavy atom. The van der Waals surface area contributed by atoms with Gasteiger partial charge in [0.25, 0.3) is 0 Å². The number of carbonyl (C=O) groups excluding carboxylic acids is 2. The second-order valence-electron chi connectivity index (χ2n) is 6.07. The summed E-state index contributed by atoms with van der Waals surface area (Å²) < 4.78 is 0. The van der Waals surface area contributed by atoms with Gasteiger partial charge in [-0.3, -0.25) is 24.2 Å². The van der Waals surface area contributed by atoms with E-state index in [-0.39, 0.29) is 17.9 Å². The van der Waals surface area contributed by atoms with E-state index in [1.807, 2.05) is 0 Å². The van der Waals surface area contributed by atoms with Gasteiger partial charge in [-0.2, -0.15) is 0 Å². The van der Waals surface area contributed by atoms with Crippen LogP contribution < -0.4 is 0 Å². The fourth-order valence-corrected chi connectivity index (χ4v) is 4.11. The molecule has 3 aliphatic rings. The highest BCUT2D eigenvalue weighted by atomic mass is 16.4. The first-order valence-electron chi connectivity index (χ1n) is 7.41. The van der Waals surface area contributed by atoms with Crippen LogP contribution >= 0.6 is 0 Å². The van der Waals surface area contributed by atoms with Crippen LogP contribution in [0.2, 0.25) is 0 Å². The molecule has 20 heavy (non-hydrogen) atoms. The number of aliphatic carboxylic acids is 1. The minimum atomic E-state index is -1.12. The van der Waals surface area contributed by atoms with E-state index in [1.165, 1.54) is 0 Å². The summed E-state index contributed by atoms with van der Waals surface area (Å²) in [6, 6.07) is -0.287. The van der Waals surface area contributed by atoms with E-state index in [1.54, 1.807) is 0 Å². The topological polar surface area (TPSA) is 77.9 Å². The first-order valence-corrected chi connectivity index (χ1v) is 7.41. The molecular formula is C14H20N2O4. The maximum Gasteiger partial charge on any atom is 0.323 e. The van der Waals surface area contributed by atoms with Gasteiger partial charge in [0.05, 0.1) is 6.04 Å². The number of amides is 2. The third-order valence-corrected chi connectivity index (χ3v) is 4.97. The first kappa shape index (κ1) is 13.5. The van der Waals surface area contributed by atoms with Gasteiger partial charge in [-0.15, -0.1) is 0 Å². The maximum atomic E-state index is 12.8. The molecule has 0 aromatic heterocycles. The van der Waals surface area contributed by atoms with Crippen molar-refractivity contribution in [3.63, 3.8) is 0 Å². The van der Waals surface area contributed by atoms with E-state index in [4.69, 9.17) is 5.11 Å². The molecule has 3 fully saturated rings. The normalized spacial score (nSPS) is 29.8. The molecule has 6 nitrogen and oxygen atoms in total. The smallest absolute Gasteiger partial charge is 0.323 e. The number of carboxylic acids is 1. The van der Waals surface area contributed by atoms with Crippen LogP contribution in [0, 0.1) is 0 Å². The van der Waals surface area contributed by atoms with Crippen LogP contribution in [0.3, 0.4) is 0 Å². The van der Waals surface area contributed by atoms with E-state index in [0.717, 1.165) is 56.4 Å². The van der Waals surface area contributed by atoms with Gasteiger partial charge >= 0.3 is 5.97 Å². The van der Waals surface area contributed by atoms with Gasteiger partial charge in [-0.05, 0) is 25.7 Å². The average molecular weight is 280 g/mol. The molecule has 2 saturated heterocycles. The van der Waals surface area contributed by atoms with E-state index in [2.05, 4.69) is 4.90 Å². The van der Waals surface area contributed by atoms with Crippen molar-refractivity contribution in [2.45, 2.75) is 56.5 Å². The number of imide groups is 1. The van der Waals surface area contributed by atoms with E-state index in [9.17, 15) is 14.4 Å². The Bertz CT molecular complexity index is 456. The molecule has 1 N–H and O–H groups in total. The van der Waals surface area contributed by atoms with Crippen molar-refractivity contribution in [1.82, 2.24) is 9.80 Å². The Balaban J connectivity index is 1.97. The summed E-state index contributed by atoms with van der Waals surface area (Å²) in [5.41, 5.74) is -0.608. The van der Waals surface area contributed by atoms with Crippen LogP contribution in [-0.4, -0.2) is 57.4 Å². The maximum absolute atomic E-state index is 12.8. The molecule has 0 aromatic carbocycles. The molecule has 1 aliphatic carbocycles. The average Bonchev–Trinajstić information content (AvgIpc) is 2.93. The number of hydrogen-bond acceptors (Lipinski definition) is 4. The lowest BCUT2D eigenvalue weighted by atomic mass is 9.77. The van der Waals surface area contributed by atoms with E-state index >= 15 is 0 Å². The molecule has 1 spiro atoms. The fraction of sp³-hybridized carbons (Fsp3) is 0.786. The molecule has 110 valence electrons. The Kier molecular flexibility index (Phi) is 3.28. The minimum Gasteiger partial charge on any atom is -0.480 e. The molecular weight excluding hydrogens is 260 g/mol. The second kappa shape index (κ2) is 4.84. The number of nitrogens with zero attached hydrogens (tertiary/aromatic N) is 2. The Morgan fingerprint density at radius 1 is 1.20 bits per heavy atom. The molecule has 0 unspecified atom stereocenters. The van der Waals surface area contributed by atoms with Crippen molar-refractivity contribution in [2.75, 3.05) is 13.1 Å². The predicted octanol–water partition coefficient (Wildman–Crippen LogP) is 0.607. The van der Waals surface area contributed by atoms with Gasteiger partial charge < -0.3 is 5.11 Å². The van der Waals surface area contributed by atoms with Crippen molar-refractivity contribution in [3.8, 4) is 0 Å². The van der Waals surface area contributed by atoms with Crippen molar-refractivity contribution in [2.24, 2.45) is 0 Å². The van der Waals surface area contributed by atoms with Crippen molar-refractivity contribution < 1.29 is 19.5 Å². The molecule has 3 rings (SSSR count). The molecule has 2 aliphatic heterocycles. The number of carbonyl (C=O) groups is 3. The lowest BCUT2D eigenvalue weighted by Crippen LogP contribution is -2.71. The van der Waals surface area contributed by atoms with Crippen LogP contribution in [-0.2, 0) is 14.4 Å². The highest BCUT2D eigenvalue weighted by molar-refractivity contribution is 6.06. The Hall–Kier alpha value is -1.43. The van der Waals surface area contributed by atoms with Crippen LogP contribution in [0.15, 0.2) is 0 Å². The largest absolute Gasteiger partial charge is 0.480 e. The summed E-state index contributed by atoms with van der Waals surface area (Å²) in [5.74, 6) is -1.71. The van der Waals surface area contributed by atoms with Gasteiger partial charge in [-0.25, -0.2) is 0 Å². The zero-order valence-electron chi connectivity index (χ0n) is 11.5. The SMILES string of the molecule is O=C(O)CN1C(=O)[C@@H]2CCCN2C2(CCCCC2)C1=O. The number of carboxylic acid groups (broad SMARTS) is 1. The molecule has 0 aromatic rings. The molecule has 6 heteroatoms. The third kappa shape index (κ3) is 1.85. The van der Waals surface area contributed by atoms with Gasteiger partial charge in [0.15, 0.2) is 0 Å². The number of rotatable bonds is 2. The third-order valence-electron chi connectivity index (χ3n) is 4.97. The quantitative estimate of drug-likeness (QED) is 0.750. The van der Waals surface area contributed by atoms with Crippen molar-refractivity contribution >= 4 is 17.8 Å². The summed E-state index contributed by atoms with van der Waals surface area (Å²) in [4.78, 5) is 39.2. The zero-order chi connectivity index (χ0) is 14.3. The van der Waals surface area contributed by atoms with Gasteiger partial charge in [0.1, 0.15) is 12.1 Å². The van der Waals surface area contributed by atoms with Gasteiger partial charge in [0, 0.05) is 6.54 Å². The van der Waals surface area contributed by atoms with E-state index < -0.39 is 18.1 Å². The summed E-state index contributed by atoms with van der Waals surface area (Å²) in [7, 11) is 0. The summed E-state index contributed by atoms with van der Waals surface area (Å²) in [5, 5.41) is 8.97. The molecule has 1 saturated carbocycles. The predicted molar refractivity (Wildman–Crippen MR) is 69.9 cm³/mol. The monoisotopic (exact) mass is 280 g/mol. The van der Waals surface area contributed by atoms with Crippen LogP contribution in [0.25, 0.3) is 0 Å². The Morgan fingerprint density at radius 2 is 1.90 bits per heavy atom. The molecule has 2 heterocycles. The zero-order valence-corrected chi connectivity index (χ0v) is 11.5. The molecule has 1 atom stereocenters. The van der Waals surface area contributed by atoms with Crippen LogP contribution in [0.1, 0.15) is 44.9 Å². The first-order chi connectivity index (χ1) is 9.56. The highest BCUT2D eigenvalue weighted by Crippen LogP contribution is 2.43. The van der Waals surface area contributed by atoms with E-state index in [0.29, 0.717) is 0 Å². The van der Waals surface area contributed by atoms with Gasteiger partial charge in [-0.1, -0.05) is 19.3 Å². The number of fused-ring (bicyclic) bond motifs is 2. The standard InChI is InChI=1S/C14H20N2O4/c17-11(18)9-15-12(19)10-5-4-8-16(10)14(13(15)20)6-2-1-3-7-14/h10H,1-9H2,(H,17,18)/t10-/m0/s1. The lowest BCUT2D eigenvalue weighted by molar-refractivity contribution is -0.172. The lowest BCUT2D eigenvalue weighted by Gasteiger charge is -2.51. The summed E-state index contributed by atoms with van der Waals surface area (Å²) >= 11 is 0. The van der Waals surface area contributed by atoms with Crippen molar-refractivity contribution in [3.05, 3.63) is 0 Å². The van der Waals surface area contributed by atoms with Crippen LogP contribution in [0.4, 0.5) is 0 Å². The number of piperazine rings is 1. The highest BCUT2D eigenvalue weighted by Gasteiger charge is 2.57. The Labute approximate surface area is 117 Å². The summed E-state index contributed by atoms with van der Waals surface area (Å²) in [6.45, 7) is 0.285. The molecule has 0 radical (unpaired) electrons. The number of hydrogen-bond donors (Lipinski definition) is 1. The fourth-order valence-electron chi connectivity index (χ4n) is 4.11.